The van der Waals surface area contributed by atoms with Crippen LogP contribution in [-0.2, 0) is 11.2 Å². The Hall–Kier alpha value is -0.380. The molecule has 0 fully saturated rings. The summed E-state index contributed by atoms with van der Waals surface area (Å²) in [4.78, 5) is 0. The molecule has 0 bridgehead atoms. The van der Waals surface area contributed by atoms with Crippen LogP contribution >= 0.6 is 15.9 Å². The van der Waals surface area contributed by atoms with Gasteiger partial charge in [-0.2, -0.15) is 0 Å². The van der Waals surface area contributed by atoms with Crippen LogP contribution in [0.15, 0.2) is 22.7 Å². The zero-order valence-electron chi connectivity index (χ0n) is 9.63. The van der Waals surface area contributed by atoms with Gasteiger partial charge in [0.2, 0.25) is 0 Å². The van der Waals surface area contributed by atoms with E-state index in [0.717, 1.165) is 19.8 Å². The number of nitrogens with one attached hydrogen (secondary N) is 1. The van der Waals surface area contributed by atoms with Crippen molar-refractivity contribution in [2.75, 3.05) is 19.8 Å². The van der Waals surface area contributed by atoms with Gasteiger partial charge in [0.1, 0.15) is 0 Å². The zero-order chi connectivity index (χ0) is 11.4. The molecule has 1 aliphatic carbocycles. The summed E-state index contributed by atoms with van der Waals surface area (Å²) in [5.41, 5.74) is 2.93. The van der Waals surface area contributed by atoms with Gasteiger partial charge in [0.05, 0.1) is 6.61 Å². The predicted molar refractivity (Wildman–Crippen MR) is 69.7 cm³/mol. The van der Waals surface area contributed by atoms with Crippen LogP contribution in [0.2, 0.25) is 0 Å². The predicted octanol–water partition coefficient (Wildman–Crippen LogP) is 3.06. The van der Waals surface area contributed by atoms with Crippen LogP contribution in [-0.4, -0.2) is 19.8 Å². The highest BCUT2D eigenvalue weighted by molar-refractivity contribution is 9.10. The molecule has 1 unspecified atom stereocenters. The van der Waals surface area contributed by atoms with Crippen LogP contribution < -0.4 is 5.32 Å². The Morgan fingerprint density at radius 2 is 2.38 bits per heavy atom. The highest BCUT2D eigenvalue weighted by atomic mass is 79.9. The van der Waals surface area contributed by atoms with Crippen molar-refractivity contribution in [3.8, 4) is 0 Å². The lowest BCUT2D eigenvalue weighted by atomic mass is 10.1. The first-order valence-corrected chi connectivity index (χ1v) is 6.70. The summed E-state index contributed by atoms with van der Waals surface area (Å²) in [7, 11) is 0. The van der Waals surface area contributed by atoms with Crippen molar-refractivity contribution in [2.45, 2.75) is 25.8 Å². The van der Waals surface area contributed by atoms with E-state index in [2.05, 4.69) is 39.4 Å². The molecule has 1 aromatic rings. The lowest BCUT2D eigenvalue weighted by molar-refractivity contribution is 0.147. The minimum Gasteiger partial charge on any atom is -0.380 e. The van der Waals surface area contributed by atoms with Gasteiger partial charge >= 0.3 is 0 Å². The lowest BCUT2D eigenvalue weighted by Crippen LogP contribution is -2.23. The number of hydrogen-bond donors (Lipinski definition) is 1. The zero-order valence-corrected chi connectivity index (χ0v) is 11.2. The van der Waals surface area contributed by atoms with E-state index in [0.29, 0.717) is 6.04 Å². The second-order valence-corrected chi connectivity index (χ2v) is 5.00. The van der Waals surface area contributed by atoms with Crippen LogP contribution in [0.25, 0.3) is 0 Å². The van der Waals surface area contributed by atoms with Gasteiger partial charge in [-0.15, -0.1) is 0 Å². The monoisotopic (exact) mass is 283 g/mol. The van der Waals surface area contributed by atoms with Gasteiger partial charge in [-0.1, -0.05) is 22.0 Å². The molecule has 1 N–H and O–H groups in total. The van der Waals surface area contributed by atoms with Gasteiger partial charge in [0, 0.05) is 23.7 Å². The highest BCUT2D eigenvalue weighted by Crippen LogP contribution is 2.32. The van der Waals surface area contributed by atoms with E-state index in [1.54, 1.807) is 0 Å². The number of halogens is 1. The highest BCUT2D eigenvalue weighted by Gasteiger charge is 2.21. The average molecular weight is 284 g/mol. The topological polar surface area (TPSA) is 21.3 Å². The molecule has 0 heterocycles. The van der Waals surface area contributed by atoms with Crippen LogP contribution in [0, 0.1) is 0 Å². The molecule has 0 amide bonds. The smallest absolute Gasteiger partial charge is 0.0590 e. The fraction of sp³-hybridized carbons (Fsp3) is 0.538. The lowest BCUT2D eigenvalue weighted by Gasteiger charge is -2.13. The Kier molecular flexibility index (Phi) is 4.38. The fourth-order valence-electron chi connectivity index (χ4n) is 2.25. The first-order chi connectivity index (χ1) is 7.81. The number of ether oxygens (including phenoxy) is 1. The molecule has 0 spiro atoms. The van der Waals surface area contributed by atoms with Crippen molar-refractivity contribution < 1.29 is 4.74 Å². The van der Waals surface area contributed by atoms with Crippen molar-refractivity contribution >= 4 is 15.9 Å². The van der Waals surface area contributed by atoms with Crippen LogP contribution in [0.4, 0.5) is 0 Å². The maximum Gasteiger partial charge on any atom is 0.0590 e. The second-order valence-electron chi connectivity index (χ2n) is 4.09. The van der Waals surface area contributed by atoms with Crippen molar-refractivity contribution in [1.82, 2.24) is 5.32 Å². The molecule has 1 aromatic carbocycles. The number of hydrogen-bond acceptors (Lipinski definition) is 2. The molecule has 88 valence electrons. The quantitative estimate of drug-likeness (QED) is 0.839. The summed E-state index contributed by atoms with van der Waals surface area (Å²) in [6, 6.07) is 7.11. The molecular formula is C13H18BrNO. The van der Waals surface area contributed by atoms with E-state index in [1.807, 2.05) is 6.92 Å². The number of fused-ring (bicyclic) bond motifs is 1. The van der Waals surface area contributed by atoms with Gasteiger partial charge in [-0.3, -0.25) is 0 Å². The first-order valence-electron chi connectivity index (χ1n) is 5.90. The summed E-state index contributed by atoms with van der Waals surface area (Å²) in [6.45, 7) is 4.57. The third kappa shape index (κ3) is 2.84. The van der Waals surface area contributed by atoms with E-state index in [9.17, 15) is 0 Å². The third-order valence-corrected chi connectivity index (χ3v) is 3.52. The molecule has 3 heteroatoms. The maximum absolute atomic E-state index is 5.33. The molecule has 2 rings (SSSR count). The van der Waals surface area contributed by atoms with E-state index in [4.69, 9.17) is 4.74 Å². The van der Waals surface area contributed by atoms with Crippen LogP contribution in [0.1, 0.15) is 30.5 Å². The van der Waals surface area contributed by atoms with Gasteiger partial charge in [-0.05, 0) is 43.0 Å². The van der Waals surface area contributed by atoms with Crippen molar-refractivity contribution in [2.24, 2.45) is 0 Å². The molecule has 16 heavy (non-hydrogen) atoms. The summed E-state index contributed by atoms with van der Waals surface area (Å²) < 4.78 is 6.51. The summed E-state index contributed by atoms with van der Waals surface area (Å²) in [5.74, 6) is 0. The minimum absolute atomic E-state index is 0.517. The van der Waals surface area contributed by atoms with Gasteiger partial charge in [-0.25, -0.2) is 0 Å². The molecular weight excluding hydrogens is 266 g/mol. The summed E-state index contributed by atoms with van der Waals surface area (Å²) in [5, 5.41) is 3.55. The molecule has 0 saturated heterocycles. The van der Waals surface area contributed by atoms with Crippen molar-refractivity contribution in [1.29, 1.82) is 0 Å². The number of aryl methyl sites for hydroxylation is 1. The SMILES string of the molecule is CCOCCNC1CCc2cc(Br)ccc21. The van der Waals surface area contributed by atoms with Gasteiger partial charge < -0.3 is 10.1 Å². The molecule has 0 aromatic heterocycles. The Balaban J connectivity index is 1.91. The normalized spacial score (nSPS) is 18.8. The number of benzene rings is 1. The molecule has 2 nitrogen and oxygen atoms in total. The molecule has 0 saturated carbocycles. The standard InChI is InChI=1S/C13H18BrNO/c1-2-16-8-7-15-13-6-3-10-9-11(14)4-5-12(10)13/h4-5,9,13,15H,2-3,6-8H2,1H3. The van der Waals surface area contributed by atoms with Gasteiger partial charge in [0.15, 0.2) is 0 Å². The minimum atomic E-state index is 0.517. The maximum atomic E-state index is 5.33. The largest absolute Gasteiger partial charge is 0.380 e. The van der Waals surface area contributed by atoms with Crippen LogP contribution in [0.5, 0.6) is 0 Å². The molecule has 0 aliphatic heterocycles. The Labute approximate surface area is 106 Å². The Bertz CT molecular complexity index is 354. The summed E-state index contributed by atoms with van der Waals surface area (Å²) >= 11 is 3.52. The van der Waals surface area contributed by atoms with E-state index in [-0.39, 0.29) is 0 Å². The van der Waals surface area contributed by atoms with E-state index >= 15 is 0 Å². The molecule has 1 atom stereocenters. The average Bonchev–Trinajstić information content (AvgIpc) is 2.67. The summed E-state index contributed by atoms with van der Waals surface area (Å²) in [6.07, 6.45) is 2.39. The third-order valence-electron chi connectivity index (χ3n) is 3.02. The molecule has 1 aliphatic rings. The number of rotatable bonds is 5. The Morgan fingerprint density at radius 1 is 1.50 bits per heavy atom. The van der Waals surface area contributed by atoms with Gasteiger partial charge in [0.25, 0.3) is 0 Å². The molecule has 0 radical (unpaired) electrons. The first kappa shape index (κ1) is 12.1. The van der Waals surface area contributed by atoms with Crippen molar-refractivity contribution in [3.63, 3.8) is 0 Å². The van der Waals surface area contributed by atoms with E-state index < -0.39 is 0 Å². The van der Waals surface area contributed by atoms with Crippen LogP contribution in [0.3, 0.4) is 0 Å². The Morgan fingerprint density at radius 3 is 3.19 bits per heavy atom. The van der Waals surface area contributed by atoms with Crippen molar-refractivity contribution in [3.05, 3.63) is 33.8 Å². The second kappa shape index (κ2) is 5.80. The van der Waals surface area contributed by atoms with E-state index in [1.165, 1.54) is 28.4 Å². The fourth-order valence-corrected chi connectivity index (χ4v) is 2.66.